The summed E-state index contributed by atoms with van der Waals surface area (Å²) in [4.78, 5) is 6.86. The molecular formula is C27H36N4O3S. The lowest BCUT2D eigenvalue weighted by atomic mass is 10.1. The second kappa shape index (κ2) is 12.6. The van der Waals surface area contributed by atoms with E-state index in [2.05, 4.69) is 41.3 Å². The molecule has 2 N–H and O–H groups in total. The van der Waals surface area contributed by atoms with Gasteiger partial charge in [0.15, 0.2) is 16.6 Å². The van der Waals surface area contributed by atoms with Crippen LogP contribution in [0.25, 0.3) is 10.9 Å². The number of aromatic nitrogens is 1. The van der Waals surface area contributed by atoms with Crippen LogP contribution in [0.5, 0.6) is 23.0 Å². The van der Waals surface area contributed by atoms with E-state index < -0.39 is 0 Å². The van der Waals surface area contributed by atoms with E-state index in [0.717, 1.165) is 66.1 Å². The molecule has 3 aromatic rings. The maximum Gasteiger partial charge on any atom is 0.170 e. The van der Waals surface area contributed by atoms with E-state index >= 15 is 0 Å². The number of hydrogen-bond acceptors (Lipinski definition) is 6. The van der Waals surface area contributed by atoms with Gasteiger partial charge >= 0.3 is 0 Å². The molecule has 1 aromatic heterocycles. The molecule has 3 rings (SSSR count). The highest BCUT2D eigenvalue weighted by Gasteiger charge is 2.14. The topological polar surface area (TPSA) is 67.9 Å². The third kappa shape index (κ3) is 6.52. The van der Waals surface area contributed by atoms with Crippen molar-refractivity contribution in [3.63, 3.8) is 0 Å². The molecule has 188 valence electrons. The summed E-state index contributed by atoms with van der Waals surface area (Å²) in [5.41, 5.74) is 3.84. The van der Waals surface area contributed by atoms with Crippen molar-refractivity contribution >= 4 is 33.9 Å². The van der Waals surface area contributed by atoms with Gasteiger partial charge in [0, 0.05) is 29.9 Å². The molecule has 2 aromatic carbocycles. The molecule has 35 heavy (non-hydrogen) atoms. The van der Waals surface area contributed by atoms with Crippen molar-refractivity contribution in [3.8, 4) is 23.0 Å². The molecule has 0 bridgehead atoms. The number of methoxy groups -OCH3 is 2. The summed E-state index contributed by atoms with van der Waals surface area (Å²) >= 11 is 5.51. The lowest BCUT2D eigenvalue weighted by Gasteiger charge is -2.19. The minimum Gasteiger partial charge on any atom is -0.493 e. The number of nitrogens with one attached hydrogen (secondary N) is 2. The van der Waals surface area contributed by atoms with Crippen LogP contribution in [0, 0.1) is 13.8 Å². The van der Waals surface area contributed by atoms with Gasteiger partial charge in [-0.3, -0.25) is 4.98 Å². The van der Waals surface area contributed by atoms with Gasteiger partial charge in [-0.15, -0.1) is 0 Å². The van der Waals surface area contributed by atoms with Crippen LogP contribution in [0.2, 0.25) is 0 Å². The molecule has 0 radical (unpaired) electrons. The maximum absolute atomic E-state index is 6.34. The highest BCUT2D eigenvalue weighted by molar-refractivity contribution is 7.80. The molecule has 0 saturated heterocycles. The first-order chi connectivity index (χ1) is 16.9. The largest absolute Gasteiger partial charge is 0.493 e. The van der Waals surface area contributed by atoms with Crippen LogP contribution in [-0.2, 0) is 0 Å². The zero-order valence-corrected chi connectivity index (χ0v) is 22.3. The Morgan fingerprint density at radius 2 is 1.66 bits per heavy atom. The van der Waals surface area contributed by atoms with Crippen LogP contribution >= 0.6 is 12.2 Å². The smallest absolute Gasteiger partial charge is 0.170 e. The van der Waals surface area contributed by atoms with E-state index in [1.54, 1.807) is 20.4 Å². The van der Waals surface area contributed by atoms with E-state index in [0.29, 0.717) is 22.4 Å². The summed E-state index contributed by atoms with van der Waals surface area (Å²) in [5, 5.41) is 8.11. The zero-order chi connectivity index (χ0) is 25.4. The molecule has 1 heterocycles. The Morgan fingerprint density at radius 3 is 2.34 bits per heavy atom. The summed E-state index contributed by atoms with van der Waals surface area (Å²) in [5.74, 6) is 2.73. The van der Waals surface area contributed by atoms with Crippen molar-refractivity contribution in [2.75, 3.05) is 45.7 Å². The molecular weight excluding hydrogens is 460 g/mol. The quantitative estimate of drug-likeness (QED) is 0.260. The number of fused-ring (bicyclic) bond motifs is 1. The predicted octanol–water partition coefficient (Wildman–Crippen LogP) is 5.68. The molecule has 7 nitrogen and oxygen atoms in total. The Kier molecular flexibility index (Phi) is 9.51. The van der Waals surface area contributed by atoms with Gasteiger partial charge < -0.3 is 29.7 Å². The van der Waals surface area contributed by atoms with E-state index in [9.17, 15) is 0 Å². The lowest BCUT2D eigenvalue weighted by molar-refractivity contribution is 0.300. The van der Waals surface area contributed by atoms with Crippen molar-refractivity contribution in [1.29, 1.82) is 0 Å². The number of anilines is 1. The van der Waals surface area contributed by atoms with Gasteiger partial charge in [0.25, 0.3) is 0 Å². The van der Waals surface area contributed by atoms with Crippen molar-refractivity contribution in [2.24, 2.45) is 0 Å². The van der Waals surface area contributed by atoms with Gasteiger partial charge in [-0.2, -0.15) is 0 Å². The molecule has 0 aliphatic rings. The predicted molar refractivity (Wildman–Crippen MR) is 147 cm³/mol. The number of thiocarbonyl (C=S) groups is 1. The van der Waals surface area contributed by atoms with Crippen molar-refractivity contribution in [2.45, 2.75) is 34.1 Å². The monoisotopic (exact) mass is 496 g/mol. The fraction of sp³-hybridized carbons (Fsp3) is 0.407. The van der Waals surface area contributed by atoms with Gasteiger partial charge in [0.05, 0.1) is 19.7 Å². The number of ether oxygens (including phenoxy) is 3. The van der Waals surface area contributed by atoms with Crippen molar-refractivity contribution in [1.82, 2.24) is 15.2 Å². The third-order valence-corrected chi connectivity index (χ3v) is 6.49. The zero-order valence-electron chi connectivity index (χ0n) is 21.5. The van der Waals surface area contributed by atoms with Crippen LogP contribution in [0.15, 0.2) is 36.5 Å². The first-order valence-corrected chi connectivity index (χ1v) is 12.4. The first kappa shape index (κ1) is 26.5. The Labute approximate surface area is 213 Å². The Balaban J connectivity index is 1.71. The van der Waals surface area contributed by atoms with E-state index in [1.165, 1.54) is 0 Å². The Bertz CT molecular complexity index is 1160. The fourth-order valence-electron chi connectivity index (χ4n) is 3.91. The van der Waals surface area contributed by atoms with E-state index in [1.807, 2.05) is 37.3 Å². The van der Waals surface area contributed by atoms with Crippen molar-refractivity contribution < 1.29 is 14.2 Å². The van der Waals surface area contributed by atoms with Crippen LogP contribution < -0.4 is 24.8 Å². The second-order valence-corrected chi connectivity index (χ2v) is 8.67. The van der Waals surface area contributed by atoms with Crippen LogP contribution in [0.4, 0.5) is 5.69 Å². The Morgan fingerprint density at radius 1 is 0.943 bits per heavy atom. The number of hydrogen-bond donors (Lipinski definition) is 2. The maximum atomic E-state index is 6.34. The van der Waals surface area contributed by atoms with Gasteiger partial charge in [-0.05, 0) is 87.5 Å². The fourth-order valence-corrected chi connectivity index (χ4v) is 4.12. The lowest BCUT2D eigenvalue weighted by Crippen LogP contribution is -2.32. The molecule has 0 aliphatic carbocycles. The van der Waals surface area contributed by atoms with Gasteiger partial charge in [-0.25, -0.2) is 0 Å². The molecule has 0 aliphatic heterocycles. The number of benzene rings is 2. The third-order valence-electron chi connectivity index (χ3n) is 6.24. The summed E-state index contributed by atoms with van der Waals surface area (Å²) in [6, 6.07) is 9.54. The molecule has 0 spiro atoms. The highest BCUT2D eigenvalue weighted by atomic mass is 32.1. The molecule has 0 saturated carbocycles. The molecule has 0 fully saturated rings. The normalized spacial score (nSPS) is 10.9. The highest BCUT2D eigenvalue weighted by Crippen LogP contribution is 2.38. The van der Waals surface area contributed by atoms with Gasteiger partial charge in [0.2, 0.25) is 0 Å². The van der Waals surface area contributed by atoms with Crippen LogP contribution in [-0.4, -0.2) is 55.4 Å². The molecule has 0 amide bonds. The minimum atomic E-state index is 0.627. The SMILES string of the molecule is CCN(CC)CCCNC(=S)Nc1ccc(Oc2ccnc3cc(OC)c(OC)cc23)c(C)c1C. The molecule has 0 unspecified atom stereocenters. The summed E-state index contributed by atoms with van der Waals surface area (Å²) in [6.45, 7) is 12.5. The minimum absolute atomic E-state index is 0.627. The molecule has 0 atom stereocenters. The van der Waals surface area contributed by atoms with Gasteiger partial charge in [0.1, 0.15) is 11.5 Å². The number of pyridine rings is 1. The Hall–Kier alpha value is -3.10. The second-order valence-electron chi connectivity index (χ2n) is 8.26. The number of nitrogens with zero attached hydrogens (tertiary/aromatic N) is 2. The van der Waals surface area contributed by atoms with Crippen LogP contribution in [0.1, 0.15) is 31.4 Å². The van der Waals surface area contributed by atoms with E-state index in [-0.39, 0.29) is 0 Å². The van der Waals surface area contributed by atoms with Gasteiger partial charge in [-0.1, -0.05) is 13.8 Å². The van der Waals surface area contributed by atoms with E-state index in [4.69, 9.17) is 26.4 Å². The summed E-state index contributed by atoms with van der Waals surface area (Å²) in [7, 11) is 3.23. The average molecular weight is 497 g/mol. The van der Waals surface area contributed by atoms with Crippen LogP contribution in [0.3, 0.4) is 0 Å². The molecule has 8 heteroatoms. The number of rotatable bonds is 11. The summed E-state index contributed by atoms with van der Waals surface area (Å²) in [6.07, 6.45) is 2.77. The summed E-state index contributed by atoms with van der Waals surface area (Å²) < 4.78 is 17.2. The first-order valence-electron chi connectivity index (χ1n) is 12.0. The van der Waals surface area contributed by atoms with Crippen molar-refractivity contribution in [3.05, 3.63) is 47.7 Å². The average Bonchev–Trinajstić information content (AvgIpc) is 2.87. The standard InChI is InChI=1S/C27H36N4O3S/c1-7-31(8-2)15-9-13-29-27(35)30-21-10-11-23(19(4)18(21)3)34-24-12-14-28-22-17-26(33-6)25(32-5)16-20(22)24/h10-12,14,16-17H,7-9,13,15H2,1-6H3,(H2,29,30,35).